The lowest BCUT2D eigenvalue weighted by atomic mass is 9.85. The van der Waals surface area contributed by atoms with Gasteiger partial charge in [0.15, 0.2) is 0 Å². The molecule has 0 aliphatic carbocycles. The highest BCUT2D eigenvalue weighted by Crippen LogP contribution is 2.28. The number of H-pyrrole nitrogens is 1. The molecule has 0 aliphatic rings. The van der Waals surface area contributed by atoms with Crippen molar-refractivity contribution in [3.05, 3.63) is 30.1 Å². The fourth-order valence-electron chi connectivity index (χ4n) is 2.05. The van der Waals surface area contributed by atoms with E-state index >= 15 is 0 Å². The summed E-state index contributed by atoms with van der Waals surface area (Å²) in [7, 11) is 1.98. The maximum absolute atomic E-state index is 4.30. The highest BCUT2D eigenvalue weighted by Gasteiger charge is 2.23. The Hall–Kier alpha value is -1.35. The molecule has 0 unspecified atom stereocenters. The number of likely N-dealkylation sites (N-methyl/N-ethyl adjacent to an activating group) is 1. The van der Waals surface area contributed by atoms with E-state index in [0.29, 0.717) is 0 Å². The first-order valence-corrected chi connectivity index (χ1v) is 5.22. The van der Waals surface area contributed by atoms with Crippen molar-refractivity contribution >= 4 is 11.0 Å². The zero-order valence-corrected chi connectivity index (χ0v) is 9.46. The van der Waals surface area contributed by atoms with Crippen molar-refractivity contribution in [1.29, 1.82) is 0 Å². The first kappa shape index (κ1) is 10.2. The summed E-state index contributed by atoms with van der Waals surface area (Å²) < 4.78 is 0. The average molecular weight is 203 g/mol. The average Bonchev–Trinajstić information content (AvgIpc) is 2.61. The van der Waals surface area contributed by atoms with Crippen molar-refractivity contribution in [1.82, 2.24) is 15.3 Å². The van der Waals surface area contributed by atoms with Gasteiger partial charge in [-0.2, -0.15) is 0 Å². The number of hydrogen-bond donors (Lipinski definition) is 2. The topological polar surface area (TPSA) is 40.7 Å². The number of fused-ring (bicyclic) bond motifs is 1. The third-order valence-corrected chi connectivity index (χ3v) is 2.80. The molecule has 2 N–H and O–H groups in total. The van der Waals surface area contributed by atoms with E-state index in [1.807, 2.05) is 19.3 Å². The quantitative estimate of drug-likeness (QED) is 0.801. The molecule has 0 saturated heterocycles. The minimum Gasteiger partial charge on any atom is -0.346 e. The van der Waals surface area contributed by atoms with Crippen LogP contribution in [0.15, 0.2) is 24.5 Å². The summed E-state index contributed by atoms with van der Waals surface area (Å²) in [6.45, 7) is 5.42. The van der Waals surface area contributed by atoms with Gasteiger partial charge in [-0.3, -0.25) is 0 Å². The lowest BCUT2D eigenvalue weighted by Crippen LogP contribution is -2.30. The number of rotatable bonds is 3. The molecular formula is C12H17N3. The van der Waals surface area contributed by atoms with E-state index in [4.69, 9.17) is 0 Å². The van der Waals surface area contributed by atoms with Crippen molar-refractivity contribution in [2.24, 2.45) is 0 Å². The van der Waals surface area contributed by atoms with Gasteiger partial charge in [-0.1, -0.05) is 13.8 Å². The Morgan fingerprint density at radius 1 is 1.47 bits per heavy atom. The molecule has 0 amide bonds. The number of nitrogens with zero attached hydrogens (tertiary/aromatic N) is 1. The van der Waals surface area contributed by atoms with Crippen LogP contribution in [0.5, 0.6) is 0 Å². The first-order valence-electron chi connectivity index (χ1n) is 5.22. The number of hydrogen-bond acceptors (Lipinski definition) is 2. The molecule has 15 heavy (non-hydrogen) atoms. The molecule has 3 nitrogen and oxygen atoms in total. The van der Waals surface area contributed by atoms with Crippen LogP contribution >= 0.6 is 0 Å². The summed E-state index contributed by atoms with van der Waals surface area (Å²) in [5.74, 6) is 0. The largest absolute Gasteiger partial charge is 0.346 e. The Labute approximate surface area is 89.9 Å². The molecule has 0 radical (unpaired) electrons. The first-order chi connectivity index (χ1) is 7.15. The van der Waals surface area contributed by atoms with Crippen molar-refractivity contribution in [3.8, 4) is 0 Å². The monoisotopic (exact) mass is 203 g/mol. The standard InChI is InChI=1S/C12H17N3/c1-12(2,8-13-3)10-7-15-11-9(10)5-4-6-14-11/h4-7,13H,8H2,1-3H3,(H,14,15). The van der Waals surface area contributed by atoms with E-state index < -0.39 is 0 Å². The van der Waals surface area contributed by atoms with Crippen LogP contribution in [0.3, 0.4) is 0 Å². The van der Waals surface area contributed by atoms with Gasteiger partial charge in [-0.25, -0.2) is 4.98 Å². The van der Waals surface area contributed by atoms with Gasteiger partial charge in [0.1, 0.15) is 5.65 Å². The second-order valence-electron chi connectivity index (χ2n) is 4.52. The van der Waals surface area contributed by atoms with Crippen LogP contribution in [0.1, 0.15) is 19.4 Å². The van der Waals surface area contributed by atoms with E-state index in [0.717, 1.165) is 12.2 Å². The van der Waals surface area contributed by atoms with Gasteiger partial charge in [0.05, 0.1) is 0 Å². The smallest absolute Gasteiger partial charge is 0.137 e. The Balaban J connectivity index is 2.52. The fraction of sp³-hybridized carbons (Fsp3) is 0.417. The molecule has 2 rings (SSSR count). The van der Waals surface area contributed by atoms with Gasteiger partial charge < -0.3 is 10.3 Å². The molecular weight excluding hydrogens is 186 g/mol. The number of nitrogens with one attached hydrogen (secondary N) is 2. The van der Waals surface area contributed by atoms with Crippen LogP contribution < -0.4 is 5.32 Å². The SMILES string of the molecule is CNCC(C)(C)c1c[nH]c2ncccc12. The molecule has 0 saturated carbocycles. The number of aromatic nitrogens is 2. The highest BCUT2D eigenvalue weighted by atomic mass is 14.9. The summed E-state index contributed by atoms with van der Waals surface area (Å²) in [6, 6.07) is 4.10. The zero-order valence-electron chi connectivity index (χ0n) is 9.46. The summed E-state index contributed by atoms with van der Waals surface area (Å²) in [4.78, 5) is 7.51. The summed E-state index contributed by atoms with van der Waals surface area (Å²) >= 11 is 0. The van der Waals surface area contributed by atoms with Gasteiger partial charge in [0.25, 0.3) is 0 Å². The molecule has 0 spiro atoms. The predicted molar refractivity (Wildman–Crippen MR) is 63.0 cm³/mol. The molecule has 0 atom stereocenters. The fourth-order valence-corrected chi connectivity index (χ4v) is 2.05. The van der Waals surface area contributed by atoms with Gasteiger partial charge in [0.2, 0.25) is 0 Å². The summed E-state index contributed by atoms with van der Waals surface area (Å²) in [6.07, 6.45) is 3.88. The Kier molecular flexibility index (Phi) is 2.49. The van der Waals surface area contributed by atoms with Crippen LogP contribution in [0.25, 0.3) is 11.0 Å². The molecule has 0 fully saturated rings. The van der Waals surface area contributed by atoms with Gasteiger partial charge in [0, 0.05) is 29.7 Å². The molecule has 3 heteroatoms. The third-order valence-electron chi connectivity index (χ3n) is 2.80. The van der Waals surface area contributed by atoms with Crippen molar-refractivity contribution < 1.29 is 0 Å². The van der Waals surface area contributed by atoms with Crippen LogP contribution in [0, 0.1) is 0 Å². The number of pyridine rings is 1. The Morgan fingerprint density at radius 3 is 3.00 bits per heavy atom. The minimum atomic E-state index is 0.121. The van der Waals surface area contributed by atoms with Crippen LogP contribution in [-0.4, -0.2) is 23.6 Å². The van der Waals surface area contributed by atoms with E-state index in [1.165, 1.54) is 10.9 Å². The predicted octanol–water partition coefficient (Wildman–Crippen LogP) is 2.06. The summed E-state index contributed by atoms with van der Waals surface area (Å²) in [5.41, 5.74) is 2.41. The zero-order chi connectivity index (χ0) is 10.9. The van der Waals surface area contributed by atoms with E-state index in [9.17, 15) is 0 Å². The lowest BCUT2D eigenvalue weighted by Gasteiger charge is -2.23. The lowest BCUT2D eigenvalue weighted by molar-refractivity contribution is 0.498. The molecule has 80 valence electrons. The van der Waals surface area contributed by atoms with Gasteiger partial charge in [-0.05, 0) is 24.7 Å². The van der Waals surface area contributed by atoms with Crippen molar-refractivity contribution in [2.45, 2.75) is 19.3 Å². The maximum Gasteiger partial charge on any atom is 0.137 e. The van der Waals surface area contributed by atoms with Gasteiger partial charge >= 0.3 is 0 Å². The maximum atomic E-state index is 4.30. The van der Waals surface area contributed by atoms with Crippen molar-refractivity contribution in [3.63, 3.8) is 0 Å². The minimum absolute atomic E-state index is 0.121. The molecule has 2 aromatic rings. The molecule has 0 aromatic carbocycles. The third kappa shape index (κ3) is 1.75. The van der Waals surface area contributed by atoms with E-state index in [2.05, 4.69) is 41.4 Å². The molecule has 0 bridgehead atoms. The van der Waals surface area contributed by atoms with Crippen LogP contribution in [-0.2, 0) is 5.41 Å². The molecule has 0 aliphatic heterocycles. The van der Waals surface area contributed by atoms with Crippen molar-refractivity contribution in [2.75, 3.05) is 13.6 Å². The van der Waals surface area contributed by atoms with Gasteiger partial charge in [-0.15, -0.1) is 0 Å². The second-order valence-corrected chi connectivity index (χ2v) is 4.52. The van der Waals surface area contributed by atoms with Crippen LogP contribution in [0.2, 0.25) is 0 Å². The Bertz CT molecular complexity index is 457. The van der Waals surface area contributed by atoms with E-state index in [-0.39, 0.29) is 5.41 Å². The highest BCUT2D eigenvalue weighted by molar-refractivity contribution is 5.80. The normalized spacial score (nSPS) is 12.2. The molecule has 2 heterocycles. The Morgan fingerprint density at radius 2 is 2.27 bits per heavy atom. The van der Waals surface area contributed by atoms with E-state index in [1.54, 1.807) is 0 Å². The molecule has 2 aromatic heterocycles. The summed E-state index contributed by atoms with van der Waals surface area (Å²) in [5, 5.41) is 4.45. The second kappa shape index (κ2) is 3.66. The number of aromatic amines is 1. The van der Waals surface area contributed by atoms with Crippen LogP contribution in [0.4, 0.5) is 0 Å².